The van der Waals surface area contributed by atoms with E-state index in [1.807, 2.05) is 6.92 Å². The quantitative estimate of drug-likeness (QED) is 0.688. The summed E-state index contributed by atoms with van der Waals surface area (Å²) in [5.41, 5.74) is 2.74. The molecule has 1 unspecified atom stereocenters. The lowest BCUT2D eigenvalue weighted by molar-refractivity contribution is -0.143. The normalized spacial score (nSPS) is 12.4. The topological polar surface area (TPSA) is 85.8 Å². The Morgan fingerprint density at radius 1 is 1.33 bits per heavy atom. The summed E-state index contributed by atoms with van der Waals surface area (Å²) in [6.07, 6.45) is -2.82. The lowest BCUT2D eigenvalue weighted by atomic mass is 10.1. The number of aromatic nitrogens is 3. The molecule has 3 N–H and O–H groups in total. The molecule has 0 bridgehead atoms. The summed E-state index contributed by atoms with van der Waals surface area (Å²) in [7, 11) is 0. The third-order valence-corrected chi connectivity index (χ3v) is 3.76. The molecule has 0 spiro atoms. The van der Waals surface area contributed by atoms with Crippen LogP contribution in [0.1, 0.15) is 42.4 Å². The summed E-state index contributed by atoms with van der Waals surface area (Å²) in [5.74, 6) is -1.97. The maximum atomic E-state index is 13.9. The van der Waals surface area contributed by atoms with Crippen molar-refractivity contribution >= 4 is 18.3 Å². The fourth-order valence-corrected chi connectivity index (χ4v) is 2.43. The van der Waals surface area contributed by atoms with E-state index in [0.29, 0.717) is 6.42 Å². The van der Waals surface area contributed by atoms with Crippen molar-refractivity contribution in [2.45, 2.75) is 38.4 Å². The number of unbranched alkanes of at least 4 members (excludes halogenated alkanes) is 1. The van der Waals surface area contributed by atoms with Gasteiger partial charge in [-0.05, 0) is 18.6 Å². The van der Waals surface area contributed by atoms with Crippen LogP contribution < -0.4 is 11.1 Å². The number of amides is 1. The number of nitrogens with zero attached hydrogens (tertiary/aromatic N) is 3. The molecule has 0 saturated carbocycles. The van der Waals surface area contributed by atoms with E-state index in [-0.39, 0.29) is 23.6 Å². The Kier molecular flexibility index (Phi) is 8.17. The standard InChI is InChI=1S/C16H19F4N5O.ClH/c1-2-3-6-10(9-21)22-15(26)13-14(16(18,19)20)25(24-23-13)12-8-5-4-7-11(12)17;/h4-5,7-8,10H,2-3,6,9,21H2,1H3,(H,22,26);1H. The molecule has 1 aromatic heterocycles. The van der Waals surface area contributed by atoms with E-state index in [0.717, 1.165) is 25.0 Å². The number of nitrogens with two attached hydrogens (primary N) is 1. The van der Waals surface area contributed by atoms with Crippen LogP contribution in [0.25, 0.3) is 5.69 Å². The van der Waals surface area contributed by atoms with Crippen molar-refractivity contribution < 1.29 is 22.4 Å². The highest BCUT2D eigenvalue weighted by Crippen LogP contribution is 2.33. The Labute approximate surface area is 159 Å². The van der Waals surface area contributed by atoms with Crippen molar-refractivity contribution in [2.24, 2.45) is 5.73 Å². The minimum atomic E-state index is -4.96. The first kappa shape index (κ1) is 22.8. The number of halogens is 5. The minimum Gasteiger partial charge on any atom is -0.347 e. The zero-order chi connectivity index (χ0) is 19.3. The van der Waals surface area contributed by atoms with Crippen molar-refractivity contribution in [2.75, 3.05) is 6.54 Å². The lowest BCUT2D eigenvalue weighted by Gasteiger charge is -2.16. The van der Waals surface area contributed by atoms with Gasteiger partial charge in [-0.3, -0.25) is 4.79 Å². The summed E-state index contributed by atoms with van der Waals surface area (Å²) in [5, 5.41) is 9.12. The zero-order valence-corrected chi connectivity index (χ0v) is 15.3. The summed E-state index contributed by atoms with van der Waals surface area (Å²) in [6.45, 7) is 2.02. The number of hydrogen-bond donors (Lipinski definition) is 2. The van der Waals surface area contributed by atoms with Crippen LogP contribution in [-0.4, -0.2) is 33.5 Å². The highest BCUT2D eigenvalue weighted by molar-refractivity contribution is 5.93. The molecule has 2 aromatic rings. The number of carbonyl (C=O) groups is 1. The van der Waals surface area contributed by atoms with Gasteiger partial charge in [0.25, 0.3) is 5.91 Å². The third kappa shape index (κ3) is 5.39. The second kappa shape index (κ2) is 9.65. The van der Waals surface area contributed by atoms with Crippen LogP contribution in [0.4, 0.5) is 17.6 Å². The SMILES string of the molecule is CCCCC(CN)NC(=O)c1nnn(-c2ccccc2F)c1C(F)(F)F.Cl. The van der Waals surface area contributed by atoms with Gasteiger partial charge < -0.3 is 11.1 Å². The molecule has 150 valence electrons. The molecular weight excluding hydrogens is 390 g/mol. The molecule has 1 amide bonds. The summed E-state index contributed by atoms with van der Waals surface area (Å²) < 4.78 is 54.7. The van der Waals surface area contributed by atoms with E-state index in [1.165, 1.54) is 12.1 Å². The van der Waals surface area contributed by atoms with E-state index in [4.69, 9.17) is 5.73 Å². The van der Waals surface area contributed by atoms with Crippen LogP contribution in [0.5, 0.6) is 0 Å². The maximum absolute atomic E-state index is 13.9. The van der Waals surface area contributed by atoms with Gasteiger partial charge in [0.05, 0.1) is 0 Å². The van der Waals surface area contributed by atoms with Crippen molar-refractivity contribution in [3.8, 4) is 5.69 Å². The van der Waals surface area contributed by atoms with E-state index < -0.39 is 41.0 Å². The number of hydrogen-bond acceptors (Lipinski definition) is 4. The summed E-state index contributed by atoms with van der Waals surface area (Å²) in [6, 6.07) is 4.31. The minimum absolute atomic E-state index is 0. The first-order valence-corrected chi connectivity index (χ1v) is 8.08. The number of carbonyl (C=O) groups excluding carboxylic acids is 1. The van der Waals surface area contributed by atoms with Crippen molar-refractivity contribution in [3.05, 3.63) is 41.5 Å². The first-order chi connectivity index (χ1) is 12.3. The van der Waals surface area contributed by atoms with Gasteiger partial charge in [-0.15, -0.1) is 17.5 Å². The molecule has 0 aliphatic heterocycles. The number of rotatable bonds is 7. The second-order valence-corrected chi connectivity index (χ2v) is 5.70. The zero-order valence-electron chi connectivity index (χ0n) is 14.5. The fraction of sp³-hybridized carbons (Fsp3) is 0.438. The van der Waals surface area contributed by atoms with Crippen LogP contribution in [0, 0.1) is 5.82 Å². The van der Waals surface area contributed by atoms with E-state index >= 15 is 0 Å². The van der Waals surface area contributed by atoms with Gasteiger partial charge in [0.1, 0.15) is 11.5 Å². The lowest BCUT2D eigenvalue weighted by Crippen LogP contribution is -2.41. The van der Waals surface area contributed by atoms with Crippen LogP contribution in [0.2, 0.25) is 0 Å². The van der Waals surface area contributed by atoms with E-state index in [2.05, 4.69) is 15.6 Å². The van der Waals surface area contributed by atoms with Crippen molar-refractivity contribution in [3.63, 3.8) is 0 Å². The van der Waals surface area contributed by atoms with Crippen LogP contribution in [-0.2, 0) is 6.18 Å². The molecule has 2 rings (SSSR count). The molecule has 0 fully saturated rings. The van der Waals surface area contributed by atoms with Crippen LogP contribution in [0.3, 0.4) is 0 Å². The number of alkyl halides is 3. The van der Waals surface area contributed by atoms with Gasteiger partial charge in [0.15, 0.2) is 11.4 Å². The molecule has 0 radical (unpaired) electrons. The molecule has 6 nitrogen and oxygen atoms in total. The van der Waals surface area contributed by atoms with Gasteiger partial charge >= 0.3 is 6.18 Å². The second-order valence-electron chi connectivity index (χ2n) is 5.70. The Hall–Kier alpha value is -2.20. The van der Waals surface area contributed by atoms with Crippen LogP contribution in [0.15, 0.2) is 24.3 Å². The maximum Gasteiger partial charge on any atom is 0.435 e. The smallest absolute Gasteiger partial charge is 0.347 e. The monoisotopic (exact) mass is 409 g/mol. The Balaban J connectivity index is 0.00000364. The first-order valence-electron chi connectivity index (χ1n) is 8.08. The highest BCUT2D eigenvalue weighted by atomic mass is 35.5. The predicted molar refractivity (Wildman–Crippen MR) is 93.4 cm³/mol. The molecule has 1 aromatic carbocycles. The molecular formula is C16H20ClF4N5O. The number of para-hydroxylation sites is 1. The number of benzene rings is 1. The fourth-order valence-electron chi connectivity index (χ4n) is 2.43. The van der Waals surface area contributed by atoms with Gasteiger partial charge in [0, 0.05) is 12.6 Å². The van der Waals surface area contributed by atoms with E-state index in [9.17, 15) is 22.4 Å². The van der Waals surface area contributed by atoms with Gasteiger partial charge in [0.2, 0.25) is 0 Å². The van der Waals surface area contributed by atoms with Crippen molar-refractivity contribution in [1.29, 1.82) is 0 Å². The third-order valence-electron chi connectivity index (χ3n) is 3.76. The molecule has 1 atom stereocenters. The molecule has 1 heterocycles. The molecule has 0 saturated heterocycles. The van der Waals surface area contributed by atoms with Crippen LogP contribution >= 0.6 is 12.4 Å². The molecule has 27 heavy (non-hydrogen) atoms. The Morgan fingerprint density at radius 2 is 2.00 bits per heavy atom. The average Bonchev–Trinajstić information content (AvgIpc) is 3.04. The summed E-state index contributed by atoms with van der Waals surface area (Å²) in [4.78, 5) is 12.3. The van der Waals surface area contributed by atoms with E-state index in [1.54, 1.807) is 0 Å². The highest BCUT2D eigenvalue weighted by Gasteiger charge is 2.42. The molecule has 0 aliphatic carbocycles. The largest absolute Gasteiger partial charge is 0.435 e. The van der Waals surface area contributed by atoms with Gasteiger partial charge in [-0.25, -0.2) is 9.07 Å². The molecule has 11 heteroatoms. The summed E-state index contributed by atoms with van der Waals surface area (Å²) >= 11 is 0. The van der Waals surface area contributed by atoms with Gasteiger partial charge in [-0.2, -0.15) is 13.2 Å². The Bertz CT molecular complexity index is 766. The number of nitrogens with one attached hydrogen (secondary N) is 1. The van der Waals surface area contributed by atoms with Gasteiger partial charge in [-0.1, -0.05) is 37.1 Å². The average molecular weight is 410 g/mol. The molecule has 0 aliphatic rings. The van der Waals surface area contributed by atoms with Crippen molar-refractivity contribution in [1.82, 2.24) is 20.3 Å². The Morgan fingerprint density at radius 3 is 2.56 bits per heavy atom. The predicted octanol–water partition coefficient (Wildman–Crippen LogP) is 3.09.